The van der Waals surface area contributed by atoms with E-state index in [1.807, 2.05) is 11.8 Å². The van der Waals surface area contributed by atoms with Crippen LogP contribution < -0.4 is 0 Å². The molecule has 0 N–H and O–H groups in total. The van der Waals surface area contributed by atoms with E-state index in [4.69, 9.17) is 0 Å². The molecule has 78 valence electrons. The molecule has 0 spiro atoms. The molecular weight excluding hydrogens is 182 g/mol. The molecule has 0 saturated carbocycles. The number of nitrogens with zero attached hydrogens (tertiary/aromatic N) is 1. The molecule has 0 aromatic rings. The maximum atomic E-state index is 10.9. The number of hydrogen-bond acceptors (Lipinski definition) is 3. The summed E-state index contributed by atoms with van der Waals surface area (Å²) in [5.74, 6) is 2.55. The molecule has 0 unspecified atom stereocenters. The van der Waals surface area contributed by atoms with Crippen LogP contribution in [0.4, 0.5) is 0 Å². The minimum Gasteiger partial charge on any atom is -0.299 e. The molecule has 13 heavy (non-hydrogen) atoms. The summed E-state index contributed by atoms with van der Waals surface area (Å²) in [5.41, 5.74) is 0. The van der Waals surface area contributed by atoms with Crippen molar-refractivity contribution in [3.05, 3.63) is 0 Å². The van der Waals surface area contributed by atoms with Crippen LogP contribution in [0.15, 0.2) is 0 Å². The SMILES string of the molecule is CCSCCN(CC(C)=O)C(C)C. The van der Waals surface area contributed by atoms with E-state index in [0.717, 1.165) is 18.1 Å². The maximum absolute atomic E-state index is 10.9. The average Bonchev–Trinajstić information content (AvgIpc) is 2.02. The first-order chi connectivity index (χ1) is 6.07. The summed E-state index contributed by atoms with van der Waals surface area (Å²) < 4.78 is 0. The van der Waals surface area contributed by atoms with E-state index in [1.165, 1.54) is 0 Å². The van der Waals surface area contributed by atoms with E-state index in [1.54, 1.807) is 6.92 Å². The van der Waals surface area contributed by atoms with Gasteiger partial charge in [0, 0.05) is 18.3 Å². The molecule has 0 rings (SSSR count). The minimum atomic E-state index is 0.259. The fourth-order valence-corrected chi connectivity index (χ4v) is 1.78. The zero-order chi connectivity index (χ0) is 10.3. The van der Waals surface area contributed by atoms with Crippen LogP contribution in [0.25, 0.3) is 0 Å². The highest BCUT2D eigenvalue weighted by atomic mass is 32.2. The Morgan fingerprint density at radius 3 is 2.46 bits per heavy atom. The van der Waals surface area contributed by atoms with Gasteiger partial charge in [0.1, 0.15) is 5.78 Å². The second-order valence-electron chi connectivity index (χ2n) is 3.46. The first kappa shape index (κ1) is 13.0. The minimum absolute atomic E-state index is 0.259. The molecule has 0 saturated heterocycles. The molecule has 0 atom stereocenters. The molecule has 0 bridgehead atoms. The van der Waals surface area contributed by atoms with Gasteiger partial charge < -0.3 is 0 Å². The lowest BCUT2D eigenvalue weighted by atomic mass is 10.3. The van der Waals surface area contributed by atoms with Crippen LogP contribution in [-0.2, 0) is 4.79 Å². The quantitative estimate of drug-likeness (QED) is 0.591. The van der Waals surface area contributed by atoms with Crippen molar-refractivity contribution in [3.8, 4) is 0 Å². The van der Waals surface area contributed by atoms with Crippen molar-refractivity contribution in [2.75, 3.05) is 24.6 Å². The summed E-state index contributed by atoms with van der Waals surface area (Å²) >= 11 is 1.93. The third-order valence-corrected chi connectivity index (χ3v) is 2.76. The van der Waals surface area contributed by atoms with Crippen LogP contribution in [0.1, 0.15) is 27.7 Å². The molecule has 0 fully saturated rings. The summed E-state index contributed by atoms with van der Waals surface area (Å²) in [6.45, 7) is 9.72. The number of Topliss-reactive ketones (excluding diaryl/α,β-unsaturated/α-hetero) is 1. The Labute approximate surface area is 86.1 Å². The smallest absolute Gasteiger partial charge is 0.143 e. The van der Waals surface area contributed by atoms with Crippen molar-refractivity contribution >= 4 is 17.5 Å². The fraction of sp³-hybridized carbons (Fsp3) is 0.900. The van der Waals surface area contributed by atoms with Gasteiger partial charge in [0.05, 0.1) is 6.54 Å². The molecule has 0 aliphatic rings. The Balaban J connectivity index is 3.74. The summed E-state index contributed by atoms with van der Waals surface area (Å²) in [6.07, 6.45) is 0. The Morgan fingerprint density at radius 1 is 1.46 bits per heavy atom. The maximum Gasteiger partial charge on any atom is 0.143 e. The molecule has 3 heteroatoms. The Morgan fingerprint density at radius 2 is 2.08 bits per heavy atom. The molecule has 0 aliphatic carbocycles. The third-order valence-electron chi connectivity index (χ3n) is 1.88. The summed E-state index contributed by atoms with van der Waals surface area (Å²) in [7, 11) is 0. The predicted octanol–water partition coefficient (Wildman–Crippen LogP) is 2.04. The molecule has 0 radical (unpaired) electrons. The monoisotopic (exact) mass is 203 g/mol. The van der Waals surface area contributed by atoms with E-state index in [2.05, 4.69) is 25.7 Å². The van der Waals surface area contributed by atoms with Crippen molar-refractivity contribution in [2.45, 2.75) is 33.7 Å². The summed E-state index contributed by atoms with van der Waals surface area (Å²) in [4.78, 5) is 13.2. The van der Waals surface area contributed by atoms with E-state index in [9.17, 15) is 4.79 Å². The number of thioether (sulfide) groups is 1. The zero-order valence-corrected chi connectivity index (χ0v) is 9.99. The third kappa shape index (κ3) is 7.08. The highest BCUT2D eigenvalue weighted by Gasteiger charge is 2.10. The Kier molecular flexibility index (Phi) is 7.38. The van der Waals surface area contributed by atoms with Crippen molar-refractivity contribution in [3.63, 3.8) is 0 Å². The normalized spacial score (nSPS) is 11.2. The first-order valence-electron chi connectivity index (χ1n) is 4.89. The van der Waals surface area contributed by atoms with Gasteiger partial charge in [-0.2, -0.15) is 11.8 Å². The highest BCUT2D eigenvalue weighted by molar-refractivity contribution is 7.99. The second kappa shape index (κ2) is 7.39. The molecule has 0 amide bonds. The van der Waals surface area contributed by atoms with Gasteiger partial charge in [0.2, 0.25) is 0 Å². The van der Waals surface area contributed by atoms with E-state index < -0.39 is 0 Å². The molecule has 0 heterocycles. The summed E-state index contributed by atoms with van der Waals surface area (Å²) in [6, 6.07) is 0.473. The number of carbonyl (C=O) groups is 1. The average molecular weight is 203 g/mol. The molecule has 0 aromatic heterocycles. The fourth-order valence-electron chi connectivity index (χ4n) is 1.13. The van der Waals surface area contributed by atoms with Crippen LogP contribution in [0.5, 0.6) is 0 Å². The van der Waals surface area contributed by atoms with Crippen molar-refractivity contribution in [1.82, 2.24) is 4.90 Å². The Hall–Kier alpha value is -0.0200. The molecule has 2 nitrogen and oxygen atoms in total. The highest BCUT2D eigenvalue weighted by Crippen LogP contribution is 2.03. The van der Waals surface area contributed by atoms with Crippen LogP contribution in [0, 0.1) is 0 Å². The number of hydrogen-bond donors (Lipinski definition) is 0. The topological polar surface area (TPSA) is 20.3 Å². The summed E-state index contributed by atoms with van der Waals surface area (Å²) in [5, 5.41) is 0. The Bertz CT molecular complexity index is 148. The van der Waals surface area contributed by atoms with Crippen molar-refractivity contribution in [2.24, 2.45) is 0 Å². The molecular formula is C10H21NOS. The number of rotatable bonds is 7. The largest absolute Gasteiger partial charge is 0.299 e. The van der Waals surface area contributed by atoms with Crippen LogP contribution in [0.3, 0.4) is 0 Å². The van der Waals surface area contributed by atoms with Crippen molar-refractivity contribution in [1.29, 1.82) is 0 Å². The van der Waals surface area contributed by atoms with Gasteiger partial charge in [-0.3, -0.25) is 9.69 Å². The molecule has 0 aromatic carbocycles. The van der Waals surface area contributed by atoms with Gasteiger partial charge >= 0.3 is 0 Å². The zero-order valence-electron chi connectivity index (χ0n) is 9.17. The first-order valence-corrected chi connectivity index (χ1v) is 6.04. The second-order valence-corrected chi connectivity index (χ2v) is 4.86. The van der Waals surface area contributed by atoms with Gasteiger partial charge in [0.25, 0.3) is 0 Å². The lowest BCUT2D eigenvalue weighted by Gasteiger charge is -2.24. The van der Waals surface area contributed by atoms with E-state index in [-0.39, 0.29) is 5.78 Å². The van der Waals surface area contributed by atoms with E-state index >= 15 is 0 Å². The van der Waals surface area contributed by atoms with E-state index in [0.29, 0.717) is 12.6 Å². The predicted molar refractivity (Wildman–Crippen MR) is 60.4 cm³/mol. The molecule has 0 aliphatic heterocycles. The number of carbonyl (C=O) groups excluding carboxylic acids is 1. The standard InChI is InChI=1S/C10H21NOS/c1-5-13-7-6-11(9(2)3)8-10(4)12/h9H,5-8H2,1-4H3. The van der Waals surface area contributed by atoms with Gasteiger partial charge in [-0.15, -0.1) is 0 Å². The van der Waals surface area contributed by atoms with Crippen molar-refractivity contribution < 1.29 is 4.79 Å². The van der Waals surface area contributed by atoms with Crippen LogP contribution >= 0.6 is 11.8 Å². The number of ketones is 1. The lowest BCUT2D eigenvalue weighted by Crippen LogP contribution is -2.36. The van der Waals surface area contributed by atoms with Crippen LogP contribution in [-0.4, -0.2) is 41.3 Å². The van der Waals surface area contributed by atoms with Crippen LogP contribution in [0.2, 0.25) is 0 Å². The van der Waals surface area contributed by atoms with Gasteiger partial charge in [-0.1, -0.05) is 6.92 Å². The van der Waals surface area contributed by atoms with Gasteiger partial charge in [0.15, 0.2) is 0 Å². The van der Waals surface area contributed by atoms with Gasteiger partial charge in [-0.25, -0.2) is 0 Å². The van der Waals surface area contributed by atoms with Gasteiger partial charge in [-0.05, 0) is 26.5 Å². The lowest BCUT2D eigenvalue weighted by molar-refractivity contribution is -0.118.